The smallest absolute Gasteiger partial charge is 0.241 e. The number of nitrogens with one attached hydrogen (secondary N) is 1. The molecule has 31 heavy (non-hydrogen) atoms. The van der Waals surface area contributed by atoms with E-state index in [1.165, 1.54) is 12.1 Å². The molecule has 0 atom stereocenters. The fourth-order valence-corrected chi connectivity index (χ4v) is 3.61. The Morgan fingerprint density at radius 3 is 2.45 bits per heavy atom. The van der Waals surface area contributed by atoms with Gasteiger partial charge in [-0.25, -0.2) is 9.37 Å². The van der Waals surface area contributed by atoms with Crippen molar-refractivity contribution in [1.29, 1.82) is 0 Å². The molecule has 0 bridgehead atoms. The maximum absolute atomic E-state index is 13.3. The molecular weight excluding hydrogens is 391 g/mol. The predicted octanol–water partition coefficient (Wildman–Crippen LogP) is 4.25. The molecule has 3 rings (SSSR count). The third kappa shape index (κ3) is 6.41. The van der Waals surface area contributed by atoms with Gasteiger partial charge in [-0.1, -0.05) is 38.1 Å². The van der Waals surface area contributed by atoms with E-state index in [1.54, 1.807) is 18.3 Å². The maximum Gasteiger partial charge on any atom is 0.241 e. The molecule has 0 spiro atoms. The fraction of sp³-hybridized carbons (Fsp3) is 0.360. The Labute approximate surface area is 184 Å². The third-order valence-electron chi connectivity index (χ3n) is 5.38. The number of carbonyl (C=O) groups is 1. The molecule has 2 aromatic rings. The van der Waals surface area contributed by atoms with E-state index in [-0.39, 0.29) is 18.3 Å². The molecule has 1 aromatic carbocycles. The molecule has 0 unspecified atom stereocenters. The van der Waals surface area contributed by atoms with Gasteiger partial charge >= 0.3 is 0 Å². The lowest BCUT2D eigenvalue weighted by Gasteiger charge is -2.35. The molecule has 1 fully saturated rings. The quantitative estimate of drug-likeness (QED) is 0.647. The van der Waals surface area contributed by atoms with Crippen molar-refractivity contribution in [2.45, 2.75) is 26.7 Å². The molecule has 164 valence electrons. The highest BCUT2D eigenvalue weighted by Gasteiger charge is 2.21. The van der Waals surface area contributed by atoms with Gasteiger partial charge in [-0.3, -0.25) is 4.79 Å². The number of benzene rings is 1. The van der Waals surface area contributed by atoms with Crippen LogP contribution in [0.5, 0.6) is 0 Å². The van der Waals surface area contributed by atoms with Crippen molar-refractivity contribution in [2.24, 2.45) is 0 Å². The van der Waals surface area contributed by atoms with Crippen LogP contribution < -0.4 is 10.2 Å². The van der Waals surface area contributed by atoms with Crippen LogP contribution >= 0.6 is 0 Å². The minimum absolute atomic E-state index is 0.0998. The van der Waals surface area contributed by atoms with Gasteiger partial charge in [0, 0.05) is 38.1 Å². The van der Waals surface area contributed by atoms with E-state index in [4.69, 9.17) is 0 Å². The second kappa shape index (κ2) is 11.3. The van der Waals surface area contributed by atoms with Crippen LogP contribution in [0.4, 0.5) is 10.2 Å². The van der Waals surface area contributed by atoms with Crippen molar-refractivity contribution in [3.8, 4) is 0 Å². The molecule has 1 aliphatic rings. The van der Waals surface area contributed by atoms with E-state index in [9.17, 15) is 9.18 Å². The number of anilines is 1. The van der Waals surface area contributed by atoms with Gasteiger partial charge in [0.05, 0.1) is 6.54 Å². The zero-order valence-electron chi connectivity index (χ0n) is 18.4. The minimum atomic E-state index is -0.244. The zero-order chi connectivity index (χ0) is 22.1. The van der Waals surface area contributed by atoms with Crippen LogP contribution in [-0.4, -0.2) is 48.5 Å². The number of piperazine rings is 1. The van der Waals surface area contributed by atoms with Gasteiger partial charge in [0.15, 0.2) is 0 Å². The molecule has 2 heterocycles. The van der Waals surface area contributed by atoms with Gasteiger partial charge in [-0.15, -0.1) is 0 Å². The van der Waals surface area contributed by atoms with Crippen LogP contribution in [0.25, 0.3) is 5.57 Å². The number of allylic oxidation sites excluding steroid dienone is 4. The summed E-state index contributed by atoms with van der Waals surface area (Å²) in [5, 5.41) is 3.31. The number of carbonyl (C=O) groups excluding carboxylic acids is 1. The first kappa shape index (κ1) is 22.5. The maximum atomic E-state index is 13.3. The van der Waals surface area contributed by atoms with E-state index in [2.05, 4.69) is 41.2 Å². The molecule has 1 aliphatic heterocycles. The molecular formula is C25H31FN4O. The summed E-state index contributed by atoms with van der Waals surface area (Å²) in [4.78, 5) is 21.2. The summed E-state index contributed by atoms with van der Waals surface area (Å²) in [7, 11) is 0. The van der Waals surface area contributed by atoms with Crippen molar-refractivity contribution in [2.75, 3.05) is 37.6 Å². The molecule has 1 saturated heterocycles. The monoisotopic (exact) mass is 422 g/mol. The third-order valence-corrected chi connectivity index (χ3v) is 5.38. The van der Waals surface area contributed by atoms with Gasteiger partial charge in [-0.05, 0) is 54.3 Å². The Balaban J connectivity index is 1.56. The molecule has 1 N–H and O–H groups in total. The van der Waals surface area contributed by atoms with Gasteiger partial charge in [0.25, 0.3) is 0 Å². The number of hydrogen-bond acceptors (Lipinski definition) is 4. The number of rotatable bonds is 8. The predicted molar refractivity (Wildman–Crippen MR) is 124 cm³/mol. The molecule has 1 aromatic heterocycles. The molecule has 0 aliphatic carbocycles. The van der Waals surface area contributed by atoms with Crippen LogP contribution in [0.2, 0.25) is 0 Å². The Bertz CT molecular complexity index is 901. The van der Waals surface area contributed by atoms with Crippen LogP contribution in [0, 0.1) is 5.82 Å². The number of amides is 1. The summed E-state index contributed by atoms with van der Waals surface area (Å²) in [5.41, 5.74) is 2.99. The Hall–Kier alpha value is -3.15. The Morgan fingerprint density at radius 2 is 1.84 bits per heavy atom. The number of halogens is 1. The van der Waals surface area contributed by atoms with Gasteiger partial charge in [0.2, 0.25) is 5.91 Å². The minimum Gasteiger partial charge on any atom is -0.380 e. The zero-order valence-corrected chi connectivity index (χ0v) is 18.4. The largest absolute Gasteiger partial charge is 0.380 e. The normalized spacial score (nSPS) is 15.2. The van der Waals surface area contributed by atoms with Gasteiger partial charge in [0.1, 0.15) is 11.6 Å². The summed E-state index contributed by atoms with van der Waals surface area (Å²) < 4.78 is 13.3. The summed E-state index contributed by atoms with van der Waals surface area (Å²) in [5.74, 6) is 0.814. The number of hydrogen-bond donors (Lipinski definition) is 1. The second-order valence-electron chi connectivity index (χ2n) is 7.51. The van der Waals surface area contributed by atoms with Crippen LogP contribution in [-0.2, 0) is 4.79 Å². The van der Waals surface area contributed by atoms with E-state index in [1.807, 2.05) is 23.1 Å². The number of pyridine rings is 1. The highest BCUT2D eigenvalue weighted by Crippen LogP contribution is 2.19. The highest BCUT2D eigenvalue weighted by atomic mass is 19.1. The van der Waals surface area contributed by atoms with E-state index >= 15 is 0 Å². The topological polar surface area (TPSA) is 48.5 Å². The Morgan fingerprint density at radius 1 is 1.10 bits per heavy atom. The first-order chi connectivity index (χ1) is 15.1. The first-order valence-electron chi connectivity index (χ1n) is 10.9. The van der Waals surface area contributed by atoms with Crippen molar-refractivity contribution >= 4 is 17.3 Å². The van der Waals surface area contributed by atoms with Crippen molar-refractivity contribution < 1.29 is 9.18 Å². The molecule has 1 amide bonds. The second-order valence-corrected chi connectivity index (χ2v) is 7.51. The van der Waals surface area contributed by atoms with Crippen molar-refractivity contribution in [3.63, 3.8) is 0 Å². The van der Waals surface area contributed by atoms with Crippen LogP contribution in [0.3, 0.4) is 0 Å². The van der Waals surface area contributed by atoms with E-state index in [0.29, 0.717) is 13.1 Å². The van der Waals surface area contributed by atoms with Crippen molar-refractivity contribution in [1.82, 2.24) is 15.2 Å². The highest BCUT2D eigenvalue weighted by molar-refractivity contribution is 5.79. The van der Waals surface area contributed by atoms with E-state index in [0.717, 1.165) is 48.6 Å². The lowest BCUT2D eigenvalue weighted by Crippen LogP contribution is -2.51. The molecule has 0 saturated carbocycles. The standard InChI is InChI=1S/C25H31FN4O/c1-3-7-21(20-9-11-22(26)12-10-20)18-23(4-2)28-19-25(31)30-16-14-29(15-17-30)24-8-5-6-13-27-24/h5-13,18,28H,3-4,14-17,19H2,1-2H3/b21-7+,23-18-. The van der Waals surface area contributed by atoms with Crippen molar-refractivity contribution in [3.05, 3.63) is 77.9 Å². The summed E-state index contributed by atoms with van der Waals surface area (Å²) >= 11 is 0. The lowest BCUT2D eigenvalue weighted by atomic mass is 10.0. The fourth-order valence-electron chi connectivity index (χ4n) is 3.61. The molecule has 6 heteroatoms. The first-order valence-corrected chi connectivity index (χ1v) is 10.9. The van der Waals surface area contributed by atoms with Crippen LogP contribution in [0.1, 0.15) is 32.3 Å². The Kier molecular flexibility index (Phi) is 8.21. The average Bonchev–Trinajstić information content (AvgIpc) is 2.82. The average molecular weight is 423 g/mol. The van der Waals surface area contributed by atoms with Gasteiger partial charge in [-0.2, -0.15) is 0 Å². The molecule has 5 nitrogen and oxygen atoms in total. The van der Waals surface area contributed by atoms with E-state index < -0.39 is 0 Å². The SMILES string of the molecule is CC/C=C(\C=C(\CC)NCC(=O)N1CCN(c2ccccn2)CC1)c1ccc(F)cc1. The van der Waals surface area contributed by atoms with Crippen LogP contribution in [0.15, 0.2) is 66.5 Å². The summed E-state index contributed by atoms with van der Waals surface area (Å²) in [6, 6.07) is 12.4. The number of nitrogens with zero attached hydrogens (tertiary/aromatic N) is 3. The summed E-state index contributed by atoms with van der Waals surface area (Å²) in [6.45, 7) is 7.36. The number of aromatic nitrogens is 1. The van der Waals surface area contributed by atoms with Gasteiger partial charge < -0.3 is 15.1 Å². The lowest BCUT2D eigenvalue weighted by molar-refractivity contribution is -0.130. The summed E-state index contributed by atoms with van der Waals surface area (Å²) in [6.07, 6.45) is 7.62. The molecule has 0 radical (unpaired) electrons.